The summed E-state index contributed by atoms with van der Waals surface area (Å²) in [6, 6.07) is 0. The summed E-state index contributed by atoms with van der Waals surface area (Å²) in [6.45, 7) is 7.74. The van der Waals surface area contributed by atoms with E-state index in [0.717, 1.165) is 64.1 Å². The Morgan fingerprint density at radius 3 is 2.59 bits per heavy atom. The molecular weight excluding hydrogens is 368 g/mol. The number of alkyl halides is 2. The van der Waals surface area contributed by atoms with E-state index < -0.39 is 5.92 Å². The Morgan fingerprint density at radius 1 is 1.24 bits per heavy atom. The smallest absolute Gasteiger partial charge is 0.270 e. The van der Waals surface area contributed by atoms with Crippen molar-refractivity contribution in [1.82, 2.24) is 9.80 Å². The second-order valence-corrected chi connectivity index (χ2v) is 9.58. The number of nitrogens with two attached hydrogens (primary N) is 1. The fraction of sp³-hybridized carbons (Fsp3) is 0.833. The van der Waals surface area contributed by atoms with Crippen LogP contribution in [0.4, 0.5) is 8.78 Å². The number of hydrogen-bond donors (Lipinski definition) is 1. The van der Waals surface area contributed by atoms with Crippen molar-refractivity contribution >= 4 is 0 Å². The minimum absolute atomic E-state index is 0.260. The lowest BCUT2D eigenvalue weighted by molar-refractivity contribution is 0.0567. The molecule has 3 nitrogen and oxygen atoms in total. The monoisotopic (exact) mass is 411 g/mol. The molecule has 0 aromatic heterocycles. The minimum atomic E-state index is -2.79. The maximum atomic E-state index is 14.5. The first-order valence-electron chi connectivity index (χ1n) is 11.6. The predicted octanol–water partition coefficient (Wildman–Crippen LogP) is 5.92. The summed E-state index contributed by atoms with van der Waals surface area (Å²) in [6.07, 6.45) is 15.3. The third-order valence-corrected chi connectivity index (χ3v) is 6.61. The van der Waals surface area contributed by atoms with Crippen LogP contribution in [0.5, 0.6) is 0 Å². The van der Waals surface area contributed by atoms with Gasteiger partial charge < -0.3 is 5.73 Å². The van der Waals surface area contributed by atoms with Crippen molar-refractivity contribution in [3.8, 4) is 0 Å². The van der Waals surface area contributed by atoms with Crippen molar-refractivity contribution < 1.29 is 8.78 Å². The molecule has 2 aliphatic rings. The van der Waals surface area contributed by atoms with E-state index in [0.29, 0.717) is 12.8 Å². The van der Waals surface area contributed by atoms with E-state index in [1.807, 2.05) is 6.08 Å². The van der Waals surface area contributed by atoms with Gasteiger partial charge in [0.2, 0.25) is 0 Å². The van der Waals surface area contributed by atoms with Gasteiger partial charge in [-0.25, -0.2) is 8.78 Å². The molecule has 1 saturated heterocycles. The van der Waals surface area contributed by atoms with E-state index in [1.165, 1.54) is 25.7 Å². The molecule has 0 saturated carbocycles. The molecule has 2 atom stereocenters. The van der Waals surface area contributed by atoms with Crippen molar-refractivity contribution in [2.45, 2.75) is 97.1 Å². The lowest BCUT2D eigenvalue weighted by Gasteiger charge is -2.40. The van der Waals surface area contributed by atoms with Crippen LogP contribution in [0, 0.1) is 5.41 Å². The third kappa shape index (κ3) is 7.15. The van der Waals surface area contributed by atoms with E-state index in [9.17, 15) is 8.78 Å². The molecular formula is C24H43F2N3. The highest BCUT2D eigenvalue weighted by molar-refractivity contribution is 5.41. The van der Waals surface area contributed by atoms with Crippen molar-refractivity contribution in [3.05, 3.63) is 23.3 Å². The predicted molar refractivity (Wildman–Crippen MR) is 119 cm³/mol. The van der Waals surface area contributed by atoms with Gasteiger partial charge in [0.05, 0.1) is 6.17 Å². The normalized spacial score (nSPS) is 26.1. The van der Waals surface area contributed by atoms with Crippen LogP contribution in [0.1, 0.15) is 85.0 Å². The summed E-state index contributed by atoms with van der Waals surface area (Å²) < 4.78 is 29.0. The molecule has 0 spiro atoms. The quantitative estimate of drug-likeness (QED) is 0.404. The molecule has 168 valence electrons. The van der Waals surface area contributed by atoms with Crippen molar-refractivity contribution in [2.24, 2.45) is 11.1 Å². The van der Waals surface area contributed by atoms with Crippen LogP contribution >= 0.6 is 0 Å². The molecule has 0 bridgehead atoms. The first-order valence-corrected chi connectivity index (χ1v) is 11.6. The molecule has 29 heavy (non-hydrogen) atoms. The van der Waals surface area contributed by atoms with E-state index in [-0.39, 0.29) is 11.0 Å². The zero-order valence-corrected chi connectivity index (χ0v) is 19.2. The number of unbranched alkanes of at least 4 members (excludes halogenated alkanes) is 5. The minimum Gasteiger partial charge on any atom is -0.318 e. The van der Waals surface area contributed by atoms with Gasteiger partial charge in [0.15, 0.2) is 0 Å². The highest BCUT2D eigenvalue weighted by Crippen LogP contribution is 2.42. The highest BCUT2D eigenvalue weighted by Gasteiger charge is 2.38. The Hall–Kier alpha value is -0.780. The second-order valence-electron chi connectivity index (χ2n) is 9.58. The van der Waals surface area contributed by atoms with Gasteiger partial charge in [-0.05, 0) is 44.7 Å². The first-order chi connectivity index (χ1) is 13.7. The first kappa shape index (κ1) is 24.5. The molecule has 5 heteroatoms. The van der Waals surface area contributed by atoms with Crippen LogP contribution in [0.3, 0.4) is 0 Å². The SMILES string of the molecule is CCCCCCCCC1=CCC(C)(CN(C)C2CCCN2CN)C=C1C(C)(F)F. The van der Waals surface area contributed by atoms with E-state index in [4.69, 9.17) is 5.73 Å². The van der Waals surface area contributed by atoms with Crippen LogP contribution in [-0.4, -0.2) is 48.7 Å². The topological polar surface area (TPSA) is 32.5 Å². The van der Waals surface area contributed by atoms with Gasteiger partial charge in [-0.15, -0.1) is 0 Å². The Balaban J connectivity index is 2.00. The zero-order valence-electron chi connectivity index (χ0n) is 19.2. The Kier molecular flexibility index (Phi) is 9.30. The van der Waals surface area contributed by atoms with Crippen LogP contribution in [0.25, 0.3) is 0 Å². The fourth-order valence-electron chi connectivity index (χ4n) is 5.01. The number of nitrogens with zero attached hydrogens (tertiary/aromatic N) is 2. The summed E-state index contributed by atoms with van der Waals surface area (Å²) in [5, 5.41) is 0. The standard InChI is InChI=1S/C24H43F2N3/c1-5-6-7-8-9-10-12-20-14-15-23(2,17-21(20)24(3,25)26)18-28(4)22-13-11-16-29(22)19-27/h14,17,22H,5-13,15-16,18-19,27H2,1-4H3. The Bertz CT molecular complexity index is 567. The van der Waals surface area contributed by atoms with Gasteiger partial charge in [-0.2, -0.15) is 0 Å². The molecule has 2 unspecified atom stereocenters. The summed E-state index contributed by atoms with van der Waals surface area (Å²) in [4.78, 5) is 4.60. The summed E-state index contributed by atoms with van der Waals surface area (Å²) in [5.41, 5.74) is 6.75. The zero-order chi connectivity index (χ0) is 21.5. The van der Waals surface area contributed by atoms with Gasteiger partial charge in [0.25, 0.3) is 5.92 Å². The molecule has 1 heterocycles. The van der Waals surface area contributed by atoms with E-state index in [1.54, 1.807) is 0 Å². The lowest BCUT2D eigenvalue weighted by Crippen LogP contribution is -2.48. The third-order valence-electron chi connectivity index (χ3n) is 6.61. The van der Waals surface area contributed by atoms with Gasteiger partial charge >= 0.3 is 0 Å². The van der Waals surface area contributed by atoms with Crippen LogP contribution in [-0.2, 0) is 0 Å². The lowest BCUT2D eigenvalue weighted by atomic mass is 9.76. The van der Waals surface area contributed by atoms with Crippen molar-refractivity contribution in [1.29, 1.82) is 0 Å². The van der Waals surface area contributed by atoms with Gasteiger partial charge in [-0.1, -0.05) is 58.1 Å². The number of halogens is 2. The molecule has 0 aromatic rings. The molecule has 0 aromatic carbocycles. The fourth-order valence-corrected chi connectivity index (χ4v) is 5.01. The molecule has 0 radical (unpaired) electrons. The van der Waals surface area contributed by atoms with Crippen molar-refractivity contribution in [2.75, 3.05) is 26.8 Å². The number of allylic oxidation sites excluding steroid dienone is 3. The van der Waals surface area contributed by atoms with E-state index >= 15 is 0 Å². The average molecular weight is 412 g/mol. The second kappa shape index (κ2) is 11.0. The Labute approximate surface area is 177 Å². The largest absolute Gasteiger partial charge is 0.318 e. The number of hydrogen-bond acceptors (Lipinski definition) is 3. The molecule has 2 rings (SSSR count). The summed E-state index contributed by atoms with van der Waals surface area (Å²) in [7, 11) is 2.11. The maximum absolute atomic E-state index is 14.5. The number of likely N-dealkylation sites (tertiary alicyclic amines) is 1. The molecule has 2 N–H and O–H groups in total. The van der Waals surface area contributed by atoms with Crippen molar-refractivity contribution in [3.63, 3.8) is 0 Å². The number of rotatable bonds is 12. The molecule has 1 fully saturated rings. The van der Waals surface area contributed by atoms with Gasteiger partial charge in [0.1, 0.15) is 0 Å². The van der Waals surface area contributed by atoms with Crippen LogP contribution in [0.15, 0.2) is 23.3 Å². The molecule has 0 amide bonds. The molecule has 1 aliphatic carbocycles. The summed E-state index contributed by atoms with van der Waals surface area (Å²) >= 11 is 0. The van der Waals surface area contributed by atoms with Gasteiger partial charge in [-0.3, -0.25) is 9.80 Å². The van der Waals surface area contributed by atoms with Crippen LogP contribution in [0.2, 0.25) is 0 Å². The van der Waals surface area contributed by atoms with E-state index in [2.05, 4.69) is 36.8 Å². The van der Waals surface area contributed by atoms with Crippen LogP contribution < -0.4 is 5.73 Å². The highest BCUT2D eigenvalue weighted by atomic mass is 19.3. The van der Waals surface area contributed by atoms with Gasteiger partial charge in [0, 0.05) is 37.7 Å². The Morgan fingerprint density at radius 2 is 1.93 bits per heavy atom. The molecule has 1 aliphatic heterocycles. The average Bonchev–Trinajstić information content (AvgIpc) is 3.13. The summed E-state index contributed by atoms with van der Waals surface area (Å²) in [5.74, 6) is -2.79. The maximum Gasteiger partial charge on any atom is 0.270 e.